The molecule has 3 rings (SSSR count). The quantitative estimate of drug-likeness (QED) is 0.880. The van der Waals surface area contributed by atoms with Crippen molar-refractivity contribution in [1.82, 2.24) is 5.32 Å². The van der Waals surface area contributed by atoms with Crippen molar-refractivity contribution in [2.45, 2.75) is 38.5 Å². The number of halogens is 1. The minimum Gasteiger partial charge on any atom is -0.317 e. The molecule has 1 aliphatic heterocycles. The second-order valence-electron chi connectivity index (χ2n) is 6.92. The lowest BCUT2D eigenvalue weighted by molar-refractivity contribution is 0.460. The molecule has 1 aromatic carbocycles. The number of sulfonamides is 1. The Labute approximate surface area is 144 Å². The molecule has 1 aliphatic carbocycles. The van der Waals surface area contributed by atoms with Crippen molar-refractivity contribution in [1.29, 1.82) is 0 Å². The summed E-state index contributed by atoms with van der Waals surface area (Å²) >= 11 is 6.36. The Morgan fingerprint density at radius 3 is 2.43 bits per heavy atom. The maximum Gasteiger partial charge on any atom is 0.232 e. The topological polar surface area (TPSA) is 49.4 Å². The highest BCUT2D eigenvalue weighted by atomic mass is 35.5. The van der Waals surface area contributed by atoms with Gasteiger partial charge in [-0.3, -0.25) is 4.31 Å². The first-order valence-corrected chi connectivity index (χ1v) is 10.6. The van der Waals surface area contributed by atoms with Crippen LogP contribution < -0.4 is 9.62 Å². The standard InChI is InChI=1S/C17H25ClN2O2S/c1-12-9-17(20(23(2,21)22)11-13-3-4-13)15(10-16(12)18)14-5-7-19-8-6-14/h9-10,13-14,19H,3-8,11H2,1-2H3. The third-order valence-electron chi connectivity index (χ3n) is 4.88. The van der Waals surface area contributed by atoms with E-state index in [1.165, 1.54) is 6.26 Å². The van der Waals surface area contributed by atoms with E-state index < -0.39 is 10.0 Å². The average Bonchev–Trinajstić information content (AvgIpc) is 3.31. The second-order valence-corrected chi connectivity index (χ2v) is 9.24. The van der Waals surface area contributed by atoms with Crippen molar-refractivity contribution in [2.75, 3.05) is 30.2 Å². The molecule has 1 saturated heterocycles. The van der Waals surface area contributed by atoms with Gasteiger partial charge in [0.15, 0.2) is 0 Å². The van der Waals surface area contributed by atoms with Crippen LogP contribution in [0.4, 0.5) is 5.69 Å². The molecular formula is C17H25ClN2O2S. The molecule has 0 spiro atoms. The maximum absolute atomic E-state index is 12.4. The van der Waals surface area contributed by atoms with E-state index in [4.69, 9.17) is 11.6 Å². The lowest BCUT2D eigenvalue weighted by Gasteiger charge is -2.31. The summed E-state index contributed by atoms with van der Waals surface area (Å²) in [6, 6.07) is 3.95. The largest absolute Gasteiger partial charge is 0.317 e. The van der Waals surface area contributed by atoms with E-state index >= 15 is 0 Å². The van der Waals surface area contributed by atoms with Gasteiger partial charge in [0, 0.05) is 11.6 Å². The van der Waals surface area contributed by atoms with Crippen LogP contribution in [0, 0.1) is 12.8 Å². The van der Waals surface area contributed by atoms with Gasteiger partial charge < -0.3 is 5.32 Å². The zero-order chi connectivity index (χ0) is 16.6. The fourth-order valence-electron chi connectivity index (χ4n) is 3.30. The summed E-state index contributed by atoms with van der Waals surface area (Å²) < 4.78 is 26.4. The minimum absolute atomic E-state index is 0.368. The third kappa shape index (κ3) is 4.01. The van der Waals surface area contributed by atoms with E-state index in [0.717, 1.165) is 60.6 Å². The van der Waals surface area contributed by atoms with Crippen molar-refractivity contribution in [3.63, 3.8) is 0 Å². The summed E-state index contributed by atoms with van der Waals surface area (Å²) in [5.74, 6) is 0.870. The van der Waals surface area contributed by atoms with E-state index in [0.29, 0.717) is 18.4 Å². The third-order valence-corrected chi connectivity index (χ3v) is 6.43. The van der Waals surface area contributed by atoms with Crippen molar-refractivity contribution >= 4 is 27.3 Å². The van der Waals surface area contributed by atoms with Gasteiger partial charge in [-0.15, -0.1) is 0 Å². The SMILES string of the molecule is Cc1cc(N(CC2CC2)S(C)(=O)=O)c(C2CCNCC2)cc1Cl. The van der Waals surface area contributed by atoms with Crippen LogP contribution in [0.3, 0.4) is 0 Å². The molecule has 1 aromatic rings. The Morgan fingerprint density at radius 2 is 1.87 bits per heavy atom. The predicted octanol–water partition coefficient (Wildman–Crippen LogP) is 3.29. The molecule has 1 saturated carbocycles. The first-order valence-electron chi connectivity index (χ1n) is 8.34. The molecule has 0 aromatic heterocycles. The number of rotatable bonds is 5. The van der Waals surface area contributed by atoms with Crippen molar-refractivity contribution in [2.24, 2.45) is 5.92 Å². The number of hydrogen-bond acceptors (Lipinski definition) is 3. The van der Waals surface area contributed by atoms with Crippen molar-refractivity contribution in [3.05, 3.63) is 28.3 Å². The summed E-state index contributed by atoms with van der Waals surface area (Å²) in [4.78, 5) is 0. The molecule has 2 fully saturated rings. The Morgan fingerprint density at radius 1 is 1.22 bits per heavy atom. The number of anilines is 1. The lowest BCUT2D eigenvalue weighted by atomic mass is 9.88. The van der Waals surface area contributed by atoms with Gasteiger partial charge in [0.1, 0.15) is 0 Å². The highest BCUT2D eigenvalue weighted by Crippen LogP contribution is 2.40. The average molecular weight is 357 g/mol. The molecular weight excluding hydrogens is 332 g/mol. The highest BCUT2D eigenvalue weighted by Gasteiger charge is 2.31. The Bertz CT molecular complexity index is 680. The van der Waals surface area contributed by atoms with Crippen LogP contribution in [0.25, 0.3) is 0 Å². The number of nitrogens with one attached hydrogen (secondary N) is 1. The number of nitrogens with zero attached hydrogens (tertiary/aromatic N) is 1. The van der Waals surface area contributed by atoms with Crippen LogP contribution in [0.1, 0.15) is 42.7 Å². The Balaban J connectivity index is 2.05. The zero-order valence-corrected chi connectivity index (χ0v) is 15.4. The van der Waals surface area contributed by atoms with Gasteiger partial charge in [-0.05, 0) is 80.8 Å². The first-order chi connectivity index (χ1) is 10.9. The van der Waals surface area contributed by atoms with E-state index in [9.17, 15) is 8.42 Å². The fraction of sp³-hybridized carbons (Fsp3) is 0.647. The van der Waals surface area contributed by atoms with Crippen LogP contribution in [0.2, 0.25) is 5.02 Å². The molecule has 23 heavy (non-hydrogen) atoms. The highest BCUT2D eigenvalue weighted by molar-refractivity contribution is 7.92. The molecule has 0 radical (unpaired) electrons. The molecule has 0 atom stereocenters. The smallest absolute Gasteiger partial charge is 0.232 e. The summed E-state index contributed by atoms with van der Waals surface area (Å²) in [6.45, 7) is 4.47. The number of piperidine rings is 1. The van der Waals surface area contributed by atoms with Crippen molar-refractivity contribution in [3.8, 4) is 0 Å². The Kier molecular flexibility index (Phi) is 4.90. The zero-order valence-electron chi connectivity index (χ0n) is 13.8. The van der Waals surface area contributed by atoms with E-state index in [-0.39, 0.29) is 0 Å². The summed E-state index contributed by atoms with van der Waals surface area (Å²) in [7, 11) is -3.29. The molecule has 4 nitrogen and oxygen atoms in total. The molecule has 1 N–H and O–H groups in total. The number of benzene rings is 1. The molecule has 0 bridgehead atoms. The first kappa shape index (κ1) is 17.1. The van der Waals surface area contributed by atoms with Gasteiger partial charge in [0.05, 0.1) is 11.9 Å². The van der Waals surface area contributed by atoms with Crippen molar-refractivity contribution < 1.29 is 8.42 Å². The molecule has 1 heterocycles. The maximum atomic E-state index is 12.4. The molecule has 2 aliphatic rings. The second kappa shape index (κ2) is 6.61. The van der Waals surface area contributed by atoms with E-state index in [2.05, 4.69) is 5.32 Å². The molecule has 0 unspecified atom stereocenters. The van der Waals surface area contributed by atoms with Crippen LogP contribution in [-0.2, 0) is 10.0 Å². The van der Waals surface area contributed by atoms with E-state index in [1.807, 2.05) is 19.1 Å². The van der Waals surface area contributed by atoms with Gasteiger partial charge in [0.2, 0.25) is 10.0 Å². The number of aryl methyl sites for hydroxylation is 1. The van der Waals surface area contributed by atoms with Gasteiger partial charge in [-0.2, -0.15) is 0 Å². The van der Waals surface area contributed by atoms with Crippen LogP contribution >= 0.6 is 11.6 Å². The lowest BCUT2D eigenvalue weighted by Crippen LogP contribution is -2.34. The summed E-state index contributed by atoms with van der Waals surface area (Å²) in [5.41, 5.74) is 2.87. The normalized spacial score (nSPS) is 19.8. The minimum atomic E-state index is -3.29. The van der Waals surface area contributed by atoms with Crippen LogP contribution in [-0.4, -0.2) is 34.3 Å². The summed E-state index contributed by atoms with van der Waals surface area (Å²) in [6.07, 6.45) is 5.61. The Hall–Kier alpha value is -0.780. The molecule has 6 heteroatoms. The van der Waals surface area contributed by atoms with Crippen LogP contribution in [0.15, 0.2) is 12.1 Å². The van der Waals surface area contributed by atoms with Gasteiger partial charge in [-0.1, -0.05) is 11.6 Å². The van der Waals surface area contributed by atoms with Gasteiger partial charge in [-0.25, -0.2) is 8.42 Å². The van der Waals surface area contributed by atoms with Gasteiger partial charge >= 0.3 is 0 Å². The van der Waals surface area contributed by atoms with Gasteiger partial charge in [0.25, 0.3) is 0 Å². The predicted molar refractivity (Wildman–Crippen MR) is 95.9 cm³/mol. The molecule has 128 valence electrons. The van der Waals surface area contributed by atoms with Crippen LogP contribution in [0.5, 0.6) is 0 Å². The monoisotopic (exact) mass is 356 g/mol. The number of hydrogen-bond donors (Lipinski definition) is 1. The summed E-state index contributed by atoms with van der Waals surface area (Å²) in [5, 5.41) is 4.09. The van der Waals surface area contributed by atoms with E-state index in [1.54, 1.807) is 4.31 Å². The molecule has 0 amide bonds. The fourth-order valence-corrected chi connectivity index (χ4v) is 4.47.